The van der Waals surface area contributed by atoms with Crippen molar-refractivity contribution in [3.63, 3.8) is 0 Å². The van der Waals surface area contributed by atoms with E-state index in [-0.39, 0.29) is 0 Å². The lowest BCUT2D eigenvalue weighted by Gasteiger charge is -2.32. The number of carbonyl (C=O) groups excluding carboxylic acids is 1. The molecule has 1 heterocycles. The van der Waals surface area contributed by atoms with Gasteiger partial charge in [-0.15, -0.1) is 23.5 Å². The van der Waals surface area contributed by atoms with Crippen molar-refractivity contribution < 1.29 is 4.79 Å². The number of hydrogen-bond acceptors (Lipinski definition) is 3. The summed E-state index contributed by atoms with van der Waals surface area (Å²) in [5.74, 6) is 2.59. The van der Waals surface area contributed by atoms with Crippen LogP contribution in [0.4, 0.5) is 0 Å². The highest BCUT2D eigenvalue weighted by Crippen LogP contribution is 2.44. The average Bonchev–Trinajstić information content (AvgIpc) is 2.06. The number of unbranched alkanes of at least 4 members (excludes halogenated alkanes) is 1. The van der Waals surface area contributed by atoms with Gasteiger partial charge in [0.15, 0.2) is 0 Å². The van der Waals surface area contributed by atoms with Crippen molar-refractivity contribution in [2.24, 2.45) is 0 Å². The van der Waals surface area contributed by atoms with Crippen molar-refractivity contribution >= 4 is 29.8 Å². The van der Waals surface area contributed by atoms with Gasteiger partial charge in [-0.1, -0.05) is 0 Å². The van der Waals surface area contributed by atoms with E-state index in [0.29, 0.717) is 4.08 Å². The lowest BCUT2D eigenvalue weighted by atomic mass is 10.2. The van der Waals surface area contributed by atoms with Gasteiger partial charge in [-0.3, -0.25) is 0 Å². The van der Waals surface area contributed by atoms with Crippen LogP contribution >= 0.6 is 23.5 Å². The number of thioether (sulfide) groups is 2. The van der Waals surface area contributed by atoms with E-state index in [4.69, 9.17) is 0 Å². The summed E-state index contributed by atoms with van der Waals surface area (Å²) in [6.07, 6.45) is 5.35. The minimum atomic E-state index is 0.404. The first-order valence-electron chi connectivity index (χ1n) is 4.48. The molecular formula is C9H16OS2. The Kier molecular flexibility index (Phi) is 4.51. The molecule has 0 atom stereocenters. The summed E-state index contributed by atoms with van der Waals surface area (Å²) >= 11 is 4.13. The molecule has 0 amide bonds. The molecule has 3 heteroatoms. The third kappa shape index (κ3) is 3.40. The van der Waals surface area contributed by atoms with E-state index in [0.717, 1.165) is 19.1 Å². The molecule has 0 aromatic carbocycles. The van der Waals surface area contributed by atoms with Crippen molar-refractivity contribution in [2.45, 2.75) is 36.7 Å². The minimum Gasteiger partial charge on any atom is -0.303 e. The maximum absolute atomic E-state index is 10.1. The first-order valence-corrected chi connectivity index (χ1v) is 6.45. The molecule has 1 nitrogen and oxygen atoms in total. The molecule has 0 saturated carbocycles. The van der Waals surface area contributed by atoms with Crippen molar-refractivity contribution in [3.8, 4) is 0 Å². The van der Waals surface area contributed by atoms with Crippen LogP contribution in [0, 0.1) is 0 Å². The van der Waals surface area contributed by atoms with Crippen molar-refractivity contribution in [1.29, 1.82) is 0 Å². The lowest BCUT2D eigenvalue weighted by Crippen LogP contribution is -2.20. The van der Waals surface area contributed by atoms with E-state index in [1.54, 1.807) is 0 Å². The van der Waals surface area contributed by atoms with Crippen molar-refractivity contribution in [2.75, 3.05) is 11.5 Å². The molecule has 1 saturated heterocycles. The minimum absolute atomic E-state index is 0.404. The molecule has 1 aliphatic rings. The highest BCUT2D eigenvalue weighted by atomic mass is 32.2. The van der Waals surface area contributed by atoms with E-state index >= 15 is 0 Å². The first-order chi connectivity index (χ1) is 5.77. The number of rotatable bonds is 4. The van der Waals surface area contributed by atoms with Gasteiger partial charge in [-0.25, -0.2) is 0 Å². The molecule has 1 aliphatic heterocycles. The second kappa shape index (κ2) is 5.18. The maximum atomic E-state index is 10.1. The monoisotopic (exact) mass is 204 g/mol. The van der Waals surface area contributed by atoms with Crippen LogP contribution in [0.5, 0.6) is 0 Å². The van der Waals surface area contributed by atoms with Crippen LogP contribution in [0.2, 0.25) is 0 Å². The van der Waals surface area contributed by atoms with Crippen LogP contribution in [0.3, 0.4) is 0 Å². The third-order valence-corrected chi connectivity index (χ3v) is 5.38. The molecule has 0 N–H and O–H groups in total. The van der Waals surface area contributed by atoms with Gasteiger partial charge in [-0.2, -0.15) is 0 Å². The Hall–Kier alpha value is 0.370. The fourth-order valence-electron chi connectivity index (χ4n) is 1.33. The molecule has 0 radical (unpaired) electrons. The van der Waals surface area contributed by atoms with Crippen LogP contribution in [0.1, 0.15) is 32.6 Å². The maximum Gasteiger partial charge on any atom is 0.119 e. The molecule has 1 rings (SSSR count). The van der Waals surface area contributed by atoms with Gasteiger partial charge >= 0.3 is 0 Å². The Bertz CT molecular complexity index is 141. The van der Waals surface area contributed by atoms with E-state index < -0.39 is 0 Å². The van der Waals surface area contributed by atoms with Crippen LogP contribution in [-0.2, 0) is 4.79 Å². The Morgan fingerprint density at radius 3 is 2.67 bits per heavy atom. The number of carbonyl (C=O) groups is 1. The summed E-state index contributed by atoms with van der Waals surface area (Å²) in [5.41, 5.74) is 0. The number of aldehydes is 1. The van der Waals surface area contributed by atoms with E-state index in [1.165, 1.54) is 24.3 Å². The van der Waals surface area contributed by atoms with Gasteiger partial charge in [-0.05, 0) is 37.7 Å². The second-order valence-electron chi connectivity index (χ2n) is 3.24. The molecule has 0 unspecified atom stereocenters. The Balaban J connectivity index is 2.21. The first kappa shape index (κ1) is 10.5. The average molecular weight is 204 g/mol. The molecule has 0 spiro atoms. The zero-order valence-corrected chi connectivity index (χ0v) is 9.18. The molecule has 1 fully saturated rings. The van der Waals surface area contributed by atoms with Gasteiger partial charge in [0.25, 0.3) is 0 Å². The quantitative estimate of drug-likeness (QED) is 0.518. The molecule has 0 aromatic rings. The van der Waals surface area contributed by atoms with E-state index in [2.05, 4.69) is 30.4 Å². The Morgan fingerprint density at radius 1 is 1.42 bits per heavy atom. The summed E-state index contributed by atoms with van der Waals surface area (Å²) in [7, 11) is 0. The SMILES string of the molecule is CC1(CCCC=O)SCCCS1. The van der Waals surface area contributed by atoms with Crippen LogP contribution in [0.15, 0.2) is 0 Å². The smallest absolute Gasteiger partial charge is 0.119 e. The van der Waals surface area contributed by atoms with Crippen molar-refractivity contribution in [1.82, 2.24) is 0 Å². The van der Waals surface area contributed by atoms with E-state index in [9.17, 15) is 4.79 Å². The standard InChI is InChI=1S/C9H16OS2/c1-9(5-2-3-6-10)11-7-4-8-12-9/h6H,2-5,7-8H2,1H3. The predicted molar refractivity (Wildman–Crippen MR) is 57.9 cm³/mol. The normalized spacial score (nSPS) is 22.1. The summed E-state index contributed by atoms with van der Waals surface area (Å²) in [6.45, 7) is 2.31. The molecule has 12 heavy (non-hydrogen) atoms. The fourth-order valence-corrected chi connectivity index (χ4v) is 4.36. The van der Waals surface area contributed by atoms with Crippen LogP contribution in [-0.4, -0.2) is 21.9 Å². The molecule has 0 aliphatic carbocycles. The summed E-state index contributed by atoms with van der Waals surface area (Å²) in [6, 6.07) is 0. The Labute approximate surface area is 83.1 Å². The van der Waals surface area contributed by atoms with Gasteiger partial charge < -0.3 is 4.79 Å². The fraction of sp³-hybridized carbons (Fsp3) is 0.889. The Morgan fingerprint density at radius 2 is 2.08 bits per heavy atom. The summed E-state index contributed by atoms with van der Waals surface area (Å²) in [5, 5.41) is 0. The number of hydrogen-bond donors (Lipinski definition) is 0. The topological polar surface area (TPSA) is 17.1 Å². The van der Waals surface area contributed by atoms with E-state index in [1.807, 2.05) is 0 Å². The largest absolute Gasteiger partial charge is 0.303 e. The zero-order chi connectivity index (χ0) is 8.86. The summed E-state index contributed by atoms with van der Waals surface area (Å²) < 4.78 is 0.404. The zero-order valence-electron chi connectivity index (χ0n) is 7.54. The summed E-state index contributed by atoms with van der Waals surface area (Å²) in [4.78, 5) is 10.1. The highest BCUT2D eigenvalue weighted by molar-refractivity contribution is 8.18. The second-order valence-corrected chi connectivity index (χ2v) is 6.70. The van der Waals surface area contributed by atoms with Crippen LogP contribution < -0.4 is 0 Å². The van der Waals surface area contributed by atoms with Crippen LogP contribution in [0.25, 0.3) is 0 Å². The lowest BCUT2D eigenvalue weighted by molar-refractivity contribution is -0.107. The van der Waals surface area contributed by atoms with Gasteiger partial charge in [0.1, 0.15) is 6.29 Å². The van der Waals surface area contributed by atoms with Crippen molar-refractivity contribution in [3.05, 3.63) is 0 Å². The molecule has 0 aromatic heterocycles. The van der Waals surface area contributed by atoms with Gasteiger partial charge in [0.2, 0.25) is 0 Å². The predicted octanol–water partition coefficient (Wildman–Crippen LogP) is 2.94. The molecule has 0 bridgehead atoms. The molecule has 70 valence electrons. The van der Waals surface area contributed by atoms with Gasteiger partial charge in [0, 0.05) is 6.42 Å². The molecular weight excluding hydrogens is 188 g/mol. The third-order valence-electron chi connectivity index (χ3n) is 2.06. The van der Waals surface area contributed by atoms with Gasteiger partial charge in [0.05, 0.1) is 4.08 Å². The highest BCUT2D eigenvalue weighted by Gasteiger charge is 2.27.